The normalized spacial score (nSPS) is 12.8. The lowest BCUT2D eigenvalue weighted by molar-refractivity contribution is 0.486. The molecule has 0 amide bonds. The first-order chi connectivity index (χ1) is 3.56. The fourth-order valence-electron chi connectivity index (χ4n) is 0.218. The molecule has 0 aromatic rings. The highest BCUT2D eigenvalue weighted by Gasteiger charge is 1.96. The fourth-order valence-corrected chi connectivity index (χ4v) is 0.653. The third-order valence-electron chi connectivity index (χ3n) is 0.543. The van der Waals surface area contributed by atoms with Crippen LogP contribution in [0.1, 0.15) is 6.92 Å². The second-order valence-electron chi connectivity index (χ2n) is 1.32. The van der Waals surface area contributed by atoms with Gasteiger partial charge < -0.3 is 0 Å². The molecular weight excluding hydrogens is 128 g/mol. The van der Waals surface area contributed by atoms with Crippen molar-refractivity contribution < 1.29 is 13.0 Å². The van der Waals surface area contributed by atoms with E-state index < -0.39 is 10.1 Å². The number of hydrogen-bond donors (Lipinski definition) is 1. The molecule has 0 atom stereocenters. The van der Waals surface area contributed by atoms with Crippen LogP contribution in [0.15, 0.2) is 12.2 Å². The summed E-state index contributed by atoms with van der Waals surface area (Å²) in [7, 11) is -3.77. The van der Waals surface area contributed by atoms with Crippen LogP contribution in [0.3, 0.4) is 0 Å². The van der Waals surface area contributed by atoms with Crippen molar-refractivity contribution in [2.24, 2.45) is 0 Å². The van der Waals surface area contributed by atoms with Crippen LogP contribution in [0, 0.1) is 0 Å². The van der Waals surface area contributed by atoms with Crippen LogP contribution in [-0.4, -0.2) is 18.7 Å². The van der Waals surface area contributed by atoms with Gasteiger partial charge in [0.05, 0.1) is 5.75 Å². The van der Waals surface area contributed by atoms with Crippen molar-refractivity contribution in [2.75, 3.05) is 5.75 Å². The van der Waals surface area contributed by atoms with Crippen LogP contribution < -0.4 is 0 Å². The molecule has 0 aromatic heterocycles. The average Bonchev–Trinajstić information content (AvgIpc) is 1.59. The molecule has 0 aromatic carbocycles. The summed E-state index contributed by atoms with van der Waals surface area (Å²) in [5.41, 5.74) is 0. The molecule has 0 aliphatic carbocycles. The van der Waals surface area contributed by atoms with Gasteiger partial charge in [0.2, 0.25) is 0 Å². The van der Waals surface area contributed by atoms with Crippen LogP contribution in [-0.2, 0) is 10.1 Å². The Morgan fingerprint density at radius 3 is 2.25 bits per heavy atom. The Hall–Kier alpha value is -0.350. The van der Waals surface area contributed by atoms with E-state index in [9.17, 15) is 8.42 Å². The highest BCUT2D eigenvalue weighted by molar-refractivity contribution is 7.85. The van der Waals surface area contributed by atoms with Gasteiger partial charge in [0.1, 0.15) is 0 Å². The predicted octanol–water partition coefficient (Wildman–Crippen LogP) is 0.450. The van der Waals surface area contributed by atoms with Gasteiger partial charge in [-0.2, -0.15) is 8.42 Å². The van der Waals surface area contributed by atoms with Gasteiger partial charge in [-0.15, -0.1) is 0 Å². The van der Waals surface area contributed by atoms with E-state index in [2.05, 4.69) is 0 Å². The Kier molecular flexibility index (Phi) is 2.71. The second kappa shape index (κ2) is 2.84. The molecule has 0 aliphatic rings. The van der Waals surface area contributed by atoms with E-state index in [-0.39, 0.29) is 5.75 Å². The monoisotopic (exact) mass is 136 g/mol. The molecule has 4 heteroatoms. The molecule has 0 bridgehead atoms. The minimum atomic E-state index is -3.77. The molecule has 0 heterocycles. The molecular formula is C4H8O3S. The van der Waals surface area contributed by atoms with Crippen LogP contribution in [0.4, 0.5) is 0 Å². The lowest BCUT2D eigenvalue weighted by Gasteiger charge is -1.83. The van der Waals surface area contributed by atoms with E-state index >= 15 is 0 Å². The van der Waals surface area contributed by atoms with E-state index in [4.69, 9.17) is 4.55 Å². The first-order valence-corrected chi connectivity index (χ1v) is 3.73. The standard InChI is InChI=1S/C4H8O3S/c1-2-3-4-8(5,6)7/h2-3H,4H2,1H3,(H,5,6,7)/b3-2+. The summed E-state index contributed by atoms with van der Waals surface area (Å²) in [5.74, 6) is -0.288. The van der Waals surface area contributed by atoms with E-state index in [0.717, 1.165) is 0 Å². The molecule has 1 N–H and O–H groups in total. The van der Waals surface area contributed by atoms with E-state index in [1.54, 1.807) is 13.0 Å². The Morgan fingerprint density at radius 1 is 1.62 bits per heavy atom. The fraction of sp³-hybridized carbons (Fsp3) is 0.500. The van der Waals surface area contributed by atoms with Crippen molar-refractivity contribution >= 4 is 10.1 Å². The van der Waals surface area contributed by atoms with Gasteiger partial charge in [0.25, 0.3) is 10.1 Å². The van der Waals surface area contributed by atoms with E-state index in [1.165, 1.54) is 6.08 Å². The number of hydrogen-bond acceptors (Lipinski definition) is 2. The van der Waals surface area contributed by atoms with Crippen molar-refractivity contribution in [1.82, 2.24) is 0 Å². The molecule has 0 radical (unpaired) electrons. The molecule has 0 spiro atoms. The van der Waals surface area contributed by atoms with Gasteiger partial charge in [-0.3, -0.25) is 4.55 Å². The molecule has 0 saturated carbocycles. The van der Waals surface area contributed by atoms with Gasteiger partial charge in [-0.1, -0.05) is 12.2 Å². The summed E-state index contributed by atoms with van der Waals surface area (Å²) in [4.78, 5) is 0. The van der Waals surface area contributed by atoms with Crippen LogP contribution in [0.2, 0.25) is 0 Å². The molecule has 0 rings (SSSR count). The maximum absolute atomic E-state index is 9.89. The van der Waals surface area contributed by atoms with Gasteiger partial charge in [0.15, 0.2) is 0 Å². The number of rotatable bonds is 2. The first kappa shape index (κ1) is 7.65. The molecule has 48 valence electrons. The Balaban J connectivity index is 3.76. The van der Waals surface area contributed by atoms with Crippen LogP contribution in [0.25, 0.3) is 0 Å². The SMILES string of the molecule is C/C=C/CS(=O)(=O)O. The summed E-state index contributed by atoms with van der Waals surface area (Å²) in [6, 6.07) is 0. The average molecular weight is 136 g/mol. The highest BCUT2D eigenvalue weighted by atomic mass is 32.2. The van der Waals surface area contributed by atoms with Crippen molar-refractivity contribution in [1.29, 1.82) is 0 Å². The Morgan fingerprint density at radius 2 is 2.12 bits per heavy atom. The molecule has 0 unspecified atom stereocenters. The zero-order chi connectivity index (χ0) is 6.62. The van der Waals surface area contributed by atoms with E-state index in [0.29, 0.717) is 0 Å². The highest BCUT2D eigenvalue weighted by Crippen LogP contribution is 1.81. The first-order valence-electron chi connectivity index (χ1n) is 2.12. The van der Waals surface area contributed by atoms with E-state index in [1.807, 2.05) is 0 Å². The van der Waals surface area contributed by atoms with Crippen LogP contribution in [0.5, 0.6) is 0 Å². The van der Waals surface area contributed by atoms with Gasteiger partial charge in [0, 0.05) is 0 Å². The second-order valence-corrected chi connectivity index (χ2v) is 2.81. The molecule has 0 saturated heterocycles. The third kappa shape index (κ3) is 5.65. The molecule has 8 heavy (non-hydrogen) atoms. The lowest BCUT2D eigenvalue weighted by atomic mass is 10.6. The smallest absolute Gasteiger partial charge is 0.268 e. The van der Waals surface area contributed by atoms with Crippen LogP contribution >= 0.6 is 0 Å². The maximum Gasteiger partial charge on any atom is 0.268 e. The predicted molar refractivity (Wildman–Crippen MR) is 31.2 cm³/mol. The molecule has 3 nitrogen and oxygen atoms in total. The minimum Gasteiger partial charge on any atom is -0.285 e. The number of allylic oxidation sites excluding steroid dienone is 1. The van der Waals surface area contributed by atoms with Gasteiger partial charge in [-0.25, -0.2) is 0 Å². The topological polar surface area (TPSA) is 54.4 Å². The summed E-state index contributed by atoms with van der Waals surface area (Å²) in [6.45, 7) is 1.69. The maximum atomic E-state index is 9.89. The van der Waals surface area contributed by atoms with Gasteiger partial charge >= 0.3 is 0 Å². The zero-order valence-electron chi connectivity index (χ0n) is 4.53. The Bertz CT molecular complexity index is 166. The summed E-state index contributed by atoms with van der Waals surface area (Å²) < 4.78 is 27.9. The zero-order valence-corrected chi connectivity index (χ0v) is 5.35. The van der Waals surface area contributed by atoms with Crippen molar-refractivity contribution in [3.63, 3.8) is 0 Å². The quantitative estimate of drug-likeness (QED) is 0.443. The molecule has 0 aliphatic heterocycles. The molecule has 0 fully saturated rings. The summed E-state index contributed by atoms with van der Waals surface area (Å²) in [5, 5.41) is 0. The summed E-state index contributed by atoms with van der Waals surface area (Å²) in [6.07, 6.45) is 2.93. The van der Waals surface area contributed by atoms with Crippen molar-refractivity contribution in [3.8, 4) is 0 Å². The minimum absolute atomic E-state index is 0.288. The summed E-state index contributed by atoms with van der Waals surface area (Å²) >= 11 is 0. The third-order valence-corrected chi connectivity index (χ3v) is 1.16. The largest absolute Gasteiger partial charge is 0.285 e. The van der Waals surface area contributed by atoms with Gasteiger partial charge in [-0.05, 0) is 6.92 Å². The van der Waals surface area contributed by atoms with Crippen molar-refractivity contribution in [2.45, 2.75) is 6.92 Å². The lowest BCUT2D eigenvalue weighted by Crippen LogP contribution is -1.99. The van der Waals surface area contributed by atoms with Crippen molar-refractivity contribution in [3.05, 3.63) is 12.2 Å². The Labute approximate surface area is 48.8 Å².